The Labute approximate surface area is 204 Å². The third-order valence-electron chi connectivity index (χ3n) is 12.1. The number of hydrogen-bond donors (Lipinski definition) is 3. The molecule has 4 rings (SSSR count). The fourth-order valence-electron chi connectivity index (χ4n) is 10.4. The van der Waals surface area contributed by atoms with Crippen LogP contribution in [-0.4, -0.2) is 33.6 Å². The lowest BCUT2D eigenvalue weighted by Gasteiger charge is -2.62. The van der Waals surface area contributed by atoms with E-state index in [-0.39, 0.29) is 17.4 Å². The highest BCUT2D eigenvalue weighted by atomic mass is 16.3. The van der Waals surface area contributed by atoms with Gasteiger partial charge in [-0.3, -0.25) is 0 Å². The Morgan fingerprint density at radius 1 is 0.697 bits per heavy atom. The predicted octanol–water partition coefficient (Wildman–Crippen LogP) is 6.29. The zero-order valence-electron chi connectivity index (χ0n) is 22.6. The van der Waals surface area contributed by atoms with Gasteiger partial charge < -0.3 is 15.3 Å². The van der Waals surface area contributed by atoms with Crippen molar-refractivity contribution in [3.63, 3.8) is 0 Å². The van der Waals surface area contributed by atoms with Crippen LogP contribution >= 0.6 is 0 Å². The van der Waals surface area contributed by atoms with Gasteiger partial charge in [-0.2, -0.15) is 0 Å². The van der Waals surface area contributed by atoms with Crippen molar-refractivity contribution in [2.75, 3.05) is 0 Å². The molecule has 4 fully saturated rings. The topological polar surface area (TPSA) is 60.7 Å². The van der Waals surface area contributed by atoms with E-state index < -0.39 is 12.2 Å². The lowest BCUT2D eigenvalue weighted by molar-refractivity contribution is -0.195. The Kier molecular flexibility index (Phi) is 7.39. The third kappa shape index (κ3) is 4.35. The number of fused-ring (bicyclic) bond motifs is 5. The van der Waals surface area contributed by atoms with Crippen LogP contribution in [0, 0.1) is 64.1 Å². The van der Waals surface area contributed by atoms with E-state index in [1.165, 1.54) is 38.5 Å². The standard InChI is InChI=1S/C30H54O3/c1-17(2)20(18(3)4)9-8-19(5)22-10-11-23-21-14-26(31)25-15-27(32)28(33)16-30(25,7)24(21)12-13-29(22,23)6/h17-28,31-33H,8-16H2,1-7H3/t19-,21+,22-,23+,24+,25-,26+,27+,28+,29-,30-/m1/s1. The second kappa shape index (κ2) is 9.40. The Bertz CT molecular complexity index is 667. The third-order valence-corrected chi connectivity index (χ3v) is 12.1. The van der Waals surface area contributed by atoms with Crippen LogP contribution in [0.15, 0.2) is 0 Å². The molecule has 33 heavy (non-hydrogen) atoms. The van der Waals surface area contributed by atoms with E-state index >= 15 is 0 Å². The molecule has 0 aromatic rings. The van der Waals surface area contributed by atoms with Gasteiger partial charge in [-0.1, -0.05) is 54.9 Å². The van der Waals surface area contributed by atoms with Crippen LogP contribution < -0.4 is 0 Å². The molecule has 0 bridgehead atoms. The van der Waals surface area contributed by atoms with Crippen molar-refractivity contribution in [1.82, 2.24) is 0 Å². The summed E-state index contributed by atoms with van der Waals surface area (Å²) in [7, 11) is 0. The van der Waals surface area contributed by atoms with Crippen LogP contribution in [0.1, 0.15) is 106 Å². The first kappa shape index (κ1) is 26.0. The van der Waals surface area contributed by atoms with Crippen molar-refractivity contribution in [2.45, 2.75) is 125 Å². The van der Waals surface area contributed by atoms with Gasteiger partial charge in [-0.15, -0.1) is 0 Å². The predicted molar refractivity (Wildman–Crippen MR) is 136 cm³/mol. The molecule has 4 aliphatic rings. The first-order chi connectivity index (χ1) is 15.4. The summed E-state index contributed by atoms with van der Waals surface area (Å²) in [4.78, 5) is 0. The number of hydrogen-bond acceptors (Lipinski definition) is 3. The average molecular weight is 463 g/mol. The molecule has 0 unspecified atom stereocenters. The quantitative estimate of drug-likeness (QED) is 0.434. The van der Waals surface area contributed by atoms with E-state index in [1.807, 2.05) is 0 Å². The molecular formula is C30H54O3. The fraction of sp³-hybridized carbons (Fsp3) is 1.00. The van der Waals surface area contributed by atoms with Gasteiger partial charge in [0.15, 0.2) is 0 Å². The maximum Gasteiger partial charge on any atom is 0.0804 e. The molecular weight excluding hydrogens is 408 g/mol. The molecule has 0 amide bonds. The minimum atomic E-state index is -0.666. The lowest BCUT2D eigenvalue weighted by atomic mass is 9.43. The highest BCUT2D eigenvalue weighted by Gasteiger charge is 2.63. The summed E-state index contributed by atoms with van der Waals surface area (Å²) < 4.78 is 0. The lowest BCUT2D eigenvalue weighted by Crippen LogP contribution is -2.60. The van der Waals surface area contributed by atoms with Crippen molar-refractivity contribution < 1.29 is 15.3 Å². The van der Waals surface area contributed by atoms with E-state index in [0.717, 1.165) is 36.0 Å². The Hall–Kier alpha value is -0.120. The number of aliphatic hydroxyl groups excluding tert-OH is 3. The largest absolute Gasteiger partial charge is 0.393 e. The van der Waals surface area contributed by atoms with Crippen molar-refractivity contribution in [2.24, 2.45) is 64.1 Å². The second-order valence-electron chi connectivity index (χ2n) is 14.3. The monoisotopic (exact) mass is 462 g/mol. The zero-order valence-corrected chi connectivity index (χ0v) is 22.6. The molecule has 0 spiro atoms. The van der Waals surface area contributed by atoms with Crippen LogP contribution in [0.25, 0.3) is 0 Å². The van der Waals surface area contributed by atoms with E-state index in [0.29, 0.717) is 36.0 Å². The number of aliphatic hydroxyl groups is 3. The summed E-state index contributed by atoms with van der Waals surface area (Å²) in [6.07, 6.45) is 8.47. The van der Waals surface area contributed by atoms with Crippen molar-refractivity contribution >= 4 is 0 Å². The summed E-state index contributed by atoms with van der Waals surface area (Å²) in [5.74, 6) is 5.97. The molecule has 0 aliphatic heterocycles. The van der Waals surface area contributed by atoms with Gasteiger partial charge >= 0.3 is 0 Å². The minimum Gasteiger partial charge on any atom is -0.393 e. The SMILES string of the molecule is CC(C)C(CC[C@@H](C)[C@H]1CC[C@H]2[C@@H]3C[C@H](O)[C@H]4C[C@H](O)[C@@H](O)C[C@]4(C)[C@H]3CC[C@]12C)C(C)C. The molecule has 4 saturated carbocycles. The zero-order chi connectivity index (χ0) is 24.3. The van der Waals surface area contributed by atoms with Crippen molar-refractivity contribution in [3.8, 4) is 0 Å². The van der Waals surface area contributed by atoms with Gasteiger partial charge in [0.25, 0.3) is 0 Å². The molecule has 0 aromatic heterocycles. The summed E-state index contributed by atoms with van der Waals surface area (Å²) >= 11 is 0. The molecule has 192 valence electrons. The first-order valence-corrected chi connectivity index (χ1v) is 14.4. The van der Waals surface area contributed by atoms with Gasteiger partial charge in [0.1, 0.15) is 0 Å². The highest BCUT2D eigenvalue weighted by Crippen LogP contribution is 2.68. The van der Waals surface area contributed by atoms with Gasteiger partial charge in [-0.25, -0.2) is 0 Å². The molecule has 3 heteroatoms. The molecule has 0 heterocycles. The van der Waals surface area contributed by atoms with Gasteiger partial charge in [0.2, 0.25) is 0 Å². The van der Waals surface area contributed by atoms with Gasteiger partial charge in [0.05, 0.1) is 18.3 Å². The van der Waals surface area contributed by atoms with Crippen LogP contribution in [0.4, 0.5) is 0 Å². The van der Waals surface area contributed by atoms with Crippen LogP contribution in [-0.2, 0) is 0 Å². The molecule has 11 atom stereocenters. The fourth-order valence-corrected chi connectivity index (χ4v) is 10.4. The van der Waals surface area contributed by atoms with Crippen LogP contribution in [0.3, 0.4) is 0 Å². The average Bonchev–Trinajstić information content (AvgIpc) is 3.07. The minimum absolute atomic E-state index is 0.0340. The molecule has 0 aromatic carbocycles. The van der Waals surface area contributed by atoms with E-state index in [4.69, 9.17) is 0 Å². The van der Waals surface area contributed by atoms with Crippen LogP contribution in [0.2, 0.25) is 0 Å². The Balaban J connectivity index is 1.49. The molecule has 3 nitrogen and oxygen atoms in total. The van der Waals surface area contributed by atoms with Crippen LogP contribution in [0.5, 0.6) is 0 Å². The molecule has 0 saturated heterocycles. The normalized spacial score (nSPS) is 48.6. The smallest absolute Gasteiger partial charge is 0.0804 e. The maximum atomic E-state index is 11.2. The summed E-state index contributed by atoms with van der Waals surface area (Å²) in [5, 5.41) is 32.1. The Morgan fingerprint density at radius 2 is 1.33 bits per heavy atom. The van der Waals surface area contributed by atoms with Gasteiger partial charge in [0, 0.05) is 0 Å². The van der Waals surface area contributed by atoms with E-state index in [9.17, 15) is 15.3 Å². The molecule has 3 N–H and O–H groups in total. The van der Waals surface area contributed by atoms with Gasteiger partial charge in [-0.05, 0) is 115 Å². The summed E-state index contributed by atoms with van der Waals surface area (Å²) in [6.45, 7) is 17.1. The first-order valence-electron chi connectivity index (χ1n) is 14.4. The molecule has 0 radical (unpaired) electrons. The number of rotatable bonds is 6. The second-order valence-corrected chi connectivity index (χ2v) is 14.3. The molecule has 4 aliphatic carbocycles. The highest BCUT2D eigenvalue weighted by molar-refractivity contribution is 5.12. The van der Waals surface area contributed by atoms with Crippen molar-refractivity contribution in [3.05, 3.63) is 0 Å². The van der Waals surface area contributed by atoms with Crippen molar-refractivity contribution in [1.29, 1.82) is 0 Å². The summed E-state index contributed by atoms with van der Waals surface area (Å²) in [5.41, 5.74) is 0.370. The van der Waals surface area contributed by atoms with E-state index in [1.54, 1.807) is 0 Å². The maximum absolute atomic E-state index is 11.2. The summed E-state index contributed by atoms with van der Waals surface area (Å²) in [6, 6.07) is 0. The Morgan fingerprint density at radius 3 is 1.97 bits per heavy atom. The van der Waals surface area contributed by atoms with E-state index in [2.05, 4.69) is 48.5 Å².